The molecule has 6 heteroatoms. The monoisotopic (exact) mass is 333 g/mol. The smallest absolute Gasteiger partial charge is 0.338 e. The van der Waals surface area contributed by atoms with Crippen molar-refractivity contribution in [1.29, 1.82) is 0 Å². The Labute approximate surface area is 141 Å². The second-order valence-corrected chi connectivity index (χ2v) is 5.36. The predicted octanol–water partition coefficient (Wildman–Crippen LogP) is 2.52. The lowest BCUT2D eigenvalue weighted by molar-refractivity contribution is 0.0524. The first kappa shape index (κ1) is 18.2. The van der Waals surface area contributed by atoms with Crippen molar-refractivity contribution in [3.63, 3.8) is 0 Å². The number of pyridine rings is 1. The number of carbonyl (C=O) groups is 2. The number of esters is 1. The third-order valence-corrected chi connectivity index (χ3v) is 3.79. The summed E-state index contributed by atoms with van der Waals surface area (Å²) in [5.74, 6) is -0.351. The average Bonchev–Trinajstić information content (AvgIpc) is 3.02. The van der Waals surface area contributed by atoms with Gasteiger partial charge in [0, 0.05) is 44.1 Å². The van der Waals surface area contributed by atoms with Crippen molar-refractivity contribution in [2.45, 2.75) is 19.8 Å². The van der Waals surface area contributed by atoms with Gasteiger partial charge in [-0.2, -0.15) is 0 Å². The van der Waals surface area contributed by atoms with Gasteiger partial charge >= 0.3 is 5.97 Å². The Morgan fingerprint density at radius 1 is 1.17 bits per heavy atom. The molecule has 2 rings (SSSR count). The summed E-state index contributed by atoms with van der Waals surface area (Å²) in [6.07, 6.45) is 4.43. The van der Waals surface area contributed by atoms with E-state index in [-0.39, 0.29) is 11.8 Å². The molecule has 24 heavy (non-hydrogen) atoms. The lowest BCUT2D eigenvalue weighted by Gasteiger charge is -2.11. The molecule has 0 aliphatic rings. The quantitative estimate of drug-likeness (QED) is 0.521. The maximum absolute atomic E-state index is 12.2. The first-order valence-corrected chi connectivity index (χ1v) is 7.94. The molecular formula is C18H23NO5. The normalized spacial score (nSPS) is 11.0. The zero-order chi connectivity index (χ0) is 17.5. The van der Waals surface area contributed by atoms with Crippen molar-refractivity contribution >= 4 is 17.3 Å². The number of carbonyl (C=O) groups excluding carboxylic acids is 2. The van der Waals surface area contributed by atoms with E-state index in [0.29, 0.717) is 43.8 Å². The van der Waals surface area contributed by atoms with Crippen molar-refractivity contribution in [3.8, 4) is 0 Å². The van der Waals surface area contributed by atoms with E-state index in [9.17, 15) is 9.59 Å². The van der Waals surface area contributed by atoms with E-state index in [4.69, 9.17) is 14.2 Å². The number of nitrogens with zero attached hydrogens (tertiary/aromatic N) is 1. The van der Waals surface area contributed by atoms with Gasteiger partial charge in [0.15, 0.2) is 5.78 Å². The summed E-state index contributed by atoms with van der Waals surface area (Å²) < 4.78 is 17.1. The lowest BCUT2D eigenvalue weighted by Crippen LogP contribution is -2.11. The molecule has 0 amide bonds. The predicted molar refractivity (Wildman–Crippen MR) is 89.8 cm³/mol. The van der Waals surface area contributed by atoms with Gasteiger partial charge in [0.1, 0.15) is 0 Å². The van der Waals surface area contributed by atoms with E-state index >= 15 is 0 Å². The van der Waals surface area contributed by atoms with E-state index < -0.39 is 0 Å². The van der Waals surface area contributed by atoms with Crippen LogP contribution in [0, 0.1) is 0 Å². The van der Waals surface area contributed by atoms with Crippen LogP contribution in [0.2, 0.25) is 0 Å². The Hall–Kier alpha value is -2.18. The minimum Gasteiger partial charge on any atom is -0.462 e. The summed E-state index contributed by atoms with van der Waals surface area (Å²) in [6.45, 7) is 2.95. The molecule has 0 aliphatic carbocycles. The summed E-state index contributed by atoms with van der Waals surface area (Å²) in [7, 11) is 3.18. The molecule has 0 aliphatic heterocycles. The summed E-state index contributed by atoms with van der Waals surface area (Å²) >= 11 is 0. The van der Waals surface area contributed by atoms with Crippen LogP contribution in [-0.2, 0) is 20.6 Å². The minimum absolute atomic E-state index is 0.0101. The molecular weight excluding hydrogens is 310 g/mol. The highest BCUT2D eigenvalue weighted by molar-refractivity contribution is 5.99. The van der Waals surface area contributed by atoms with Crippen LogP contribution in [0.15, 0.2) is 24.5 Å². The second-order valence-electron chi connectivity index (χ2n) is 5.36. The molecule has 0 saturated heterocycles. The third kappa shape index (κ3) is 4.01. The zero-order valence-electron chi connectivity index (χ0n) is 14.3. The van der Waals surface area contributed by atoms with Crippen molar-refractivity contribution in [1.82, 2.24) is 4.40 Å². The number of rotatable bonds is 9. The van der Waals surface area contributed by atoms with Crippen LogP contribution < -0.4 is 0 Å². The number of hydrogen-bond acceptors (Lipinski definition) is 5. The average molecular weight is 333 g/mol. The molecule has 0 spiro atoms. The van der Waals surface area contributed by atoms with Gasteiger partial charge in [-0.1, -0.05) is 0 Å². The number of hydrogen-bond donors (Lipinski definition) is 0. The molecule has 0 aromatic carbocycles. The molecule has 0 saturated carbocycles. The highest BCUT2D eigenvalue weighted by Gasteiger charge is 2.18. The van der Waals surface area contributed by atoms with Crippen LogP contribution in [0.3, 0.4) is 0 Å². The Bertz CT molecular complexity index is 720. The maximum atomic E-state index is 12.2. The summed E-state index contributed by atoms with van der Waals surface area (Å²) in [6, 6.07) is 3.53. The SMILES string of the molecule is CCOC(=O)c1ccn2cc(C(=O)CCOC)cc2c1CCOC. The molecule has 0 N–H and O–H groups in total. The highest BCUT2D eigenvalue weighted by Crippen LogP contribution is 2.22. The van der Waals surface area contributed by atoms with Crippen LogP contribution in [-0.4, -0.2) is 50.2 Å². The van der Waals surface area contributed by atoms with Crippen LogP contribution in [0.25, 0.3) is 5.52 Å². The van der Waals surface area contributed by atoms with E-state index in [1.807, 2.05) is 10.5 Å². The summed E-state index contributed by atoms with van der Waals surface area (Å²) in [4.78, 5) is 24.4. The van der Waals surface area contributed by atoms with Gasteiger partial charge in [0.2, 0.25) is 0 Å². The number of fused-ring (bicyclic) bond motifs is 1. The molecule has 0 radical (unpaired) electrons. The summed E-state index contributed by atoms with van der Waals surface area (Å²) in [5.41, 5.74) is 2.75. The molecule has 0 bridgehead atoms. The van der Waals surface area contributed by atoms with Gasteiger partial charge in [-0.05, 0) is 31.0 Å². The highest BCUT2D eigenvalue weighted by atomic mass is 16.5. The van der Waals surface area contributed by atoms with Crippen molar-refractivity contribution in [3.05, 3.63) is 41.2 Å². The van der Waals surface area contributed by atoms with Gasteiger partial charge in [0.25, 0.3) is 0 Å². The standard InChI is InChI=1S/C18H23NO5/c1-4-24-18(21)15-5-8-19-12-13(17(20)7-10-23-3)11-16(19)14(15)6-9-22-2/h5,8,11-12H,4,6-7,9-10H2,1-3H3. The van der Waals surface area contributed by atoms with Crippen LogP contribution in [0.1, 0.15) is 39.6 Å². The van der Waals surface area contributed by atoms with Crippen molar-refractivity contribution < 1.29 is 23.8 Å². The van der Waals surface area contributed by atoms with E-state index in [1.165, 1.54) is 0 Å². The lowest BCUT2D eigenvalue weighted by atomic mass is 10.0. The first-order valence-electron chi connectivity index (χ1n) is 7.94. The largest absolute Gasteiger partial charge is 0.462 e. The van der Waals surface area contributed by atoms with Crippen LogP contribution in [0.5, 0.6) is 0 Å². The first-order chi connectivity index (χ1) is 11.6. The van der Waals surface area contributed by atoms with Gasteiger partial charge in [-0.3, -0.25) is 4.79 Å². The van der Waals surface area contributed by atoms with Crippen LogP contribution in [0.4, 0.5) is 0 Å². The number of Topliss-reactive ketones (excluding diaryl/α,β-unsaturated/α-hetero) is 1. The Morgan fingerprint density at radius 2 is 1.92 bits per heavy atom. The molecule has 6 nitrogen and oxygen atoms in total. The molecule has 0 fully saturated rings. The van der Waals surface area contributed by atoms with Gasteiger partial charge < -0.3 is 18.6 Å². The number of aromatic nitrogens is 1. The second kappa shape index (κ2) is 8.61. The Kier molecular flexibility index (Phi) is 6.52. The van der Waals surface area contributed by atoms with Gasteiger partial charge in [-0.15, -0.1) is 0 Å². The zero-order valence-corrected chi connectivity index (χ0v) is 14.3. The summed E-state index contributed by atoms with van der Waals surface area (Å²) in [5, 5.41) is 0. The van der Waals surface area contributed by atoms with Gasteiger partial charge in [-0.25, -0.2) is 4.79 Å². The molecule has 2 heterocycles. The number of methoxy groups -OCH3 is 2. The molecule has 2 aromatic heterocycles. The van der Waals surface area contributed by atoms with Gasteiger partial charge in [0.05, 0.1) is 25.4 Å². The maximum Gasteiger partial charge on any atom is 0.338 e. The number of ether oxygens (including phenoxy) is 3. The van der Waals surface area contributed by atoms with Crippen molar-refractivity contribution in [2.24, 2.45) is 0 Å². The van der Waals surface area contributed by atoms with E-state index in [2.05, 4.69) is 0 Å². The fourth-order valence-corrected chi connectivity index (χ4v) is 2.60. The van der Waals surface area contributed by atoms with E-state index in [0.717, 1.165) is 11.1 Å². The minimum atomic E-state index is -0.362. The van der Waals surface area contributed by atoms with Crippen molar-refractivity contribution in [2.75, 3.05) is 34.0 Å². The molecule has 0 atom stereocenters. The molecule has 0 unspecified atom stereocenters. The Morgan fingerprint density at radius 3 is 2.58 bits per heavy atom. The fourth-order valence-electron chi connectivity index (χ4n) is 2.60. The topological polar surface area (TPSA) is 66.2 Å². The molecule has 130 valence electrons. The van der Waals surface area contributed by atoms with Crippen LogP contribution >= 0.6 is 0 Å². The number of ketones is 1. The Balaban J connectivity index is 2.45. The third-order valence-electron chi connectivity index (χ3n) is 3.79. The van der Waals surface area contributed by atoms with E-state index in [1.54, 1.807) is 39.6 Å². The molecule has 2 aromatic rings. The fraction of sp³-hybridized carbons (Fsp3) is 0.444.